The summed E-state index contributed by atoms with van der Waals surface area (Å²) in [5, 5.41) is 18.4. The van der Waals surface area contributed by atoms with E-state index in [1.165, 1.54) is 24.4 Å². The largest absolute Gasteiger partial charge is 0.437 e. The number of nitrogens with one attached hydrogen (secondary N) is 1. The summed E-state index contributed by atoms with van der Waals surface area (Å²) in [7, 11) is 0. The summed E-state index contributed by atoms with van der Waals surface area (Å²) in [4.78, 5) is 14.4. The average Bonchev–Trinajstić information content (AvgIpc) is 2.42. The predicted molar refractivity (Wildman–Crippen MR) is 78.2 cm³/mol. The highest BCUT2D eigenvalue weighted by Gasteiger charge is 2.17. The molecule has 0 aliphatic rings. The van der Waals surface area contributed by atoms with E-state index in [9.17, 15) is 10.1 Å². The molecule has 0 fully saturated rings. The third-order valence-corrected chi connectivity index (χ3v) is 3.17. The number of amidine groups is 1. The summed E-state index contributed by atoms with van der Waals surface area (Å²) in [6, 6.07) is 5.94. The maximum Gasteiger partial charge on any atom is 0.276 e. The number of benzene rings is 1. The van der Waals surface area contributed by atoms with Crippen LogP contribution in [-0.2, 0) is 0 Å². The van der Waals surface area contributed by atoms with Crippen molar-refractivity contribution in [2.75, 3.05) is 0 Å². The number of pyridine rings is 1. The van der Waals surface area contributed by atoms with Crippen LogP contribution in [0.25, 0.3) is 0 Å². The molecule has 0 spiro atoms. The Morgan fingerprint density at radius 3 is 2.81 bits per heavy atom. The lowest BCUT2D eigenvalue weighted by molar-refractivity contribution is -0.385. The fraction of sp³-hybridized carbons (Fsp3) is 0.0769. The Morgan fingerprint density at radius 1 is 1.48 bits per heavy atom. The standard InChI is InChI=1S/C13H11ClN4O3/c1-7-9(18(19)20)3-2-4-10(7)21-13-11(14)8(12(15)16)5-6-17-13/h2-6H,1H3,(H3,15,16). The van der Waals surface area contributed by atoms with Crippen molar-refractivity contribution < 1.29 is 9.66 Å². The number of aromatic nitrogens is 1. The second kappa shape index (κ2) is 5.76. The smallest absolute Gasteiger partial charge is 0.276 e. The Balaban J connectivity index is 2.44. The van der Waals surface area contributed by atoms with Crippen LogP contribution < -0.4 is 10.5 Å². The molecular weight excluding hydrogens is 296 g/mol. The van der Waals surface area contributed by atoms with Gasteiger partial charge >= 0.3 is 0 Å². The number of nitro benzene ring substituents is 1. The van der Waals surface area contributed by atoms with Crippen molar-refractivity contribution in [1.29, 1.82) is 5.41 Å². The van der Waals surface area contributed by atoms with Crippen molar-refractivity contribution in [3.8, 4) is 11.6 Å². The molecule has 8 heteroatoms. The minimum atomic E-state index is -0.497. The highest BCUT2D eigenvalue weighted by molar-refractivity contribution is 6.35. The average molecular weight is 307 g/mol. The van der Waals surface area contributed by atoms with Crippen molar-refractivity contribution >= 4 is 23.1 Å². The van der Waals surface area contributed by atoms with E-state index in [1.807, 2.05) is 0 Å². The summed E-state index contributed by atoms with van der Waals surface area (Å²) in [5.41, 5.74) is 5.97. The van der Waals surface area contributed by atoms with Crippen LogP contribution in [0.2, 0.25) is 5.02 Å². The van der Waals surface area contributed by atoms with E-state index in [0.717, 1.165) is 0 Å². The highest BCUT2D eigenvalue weighted by Crippen LogP contribution is 2.34. The second-order valence-electron chi connectivity index (χ2n) is 4.15. The number of nitro groups is 1. The lowest BCUT2D eigenvalue weighted by atomic mass is 10.2. The Hall–Kier alpha value is -2.67. The normalized spacial score (nSPS) is 10.2. The molecule has 0 atom stereocenters. The third kappa shape index (κ3) is 2.92. The van der Waals surface area contributed by atoms with Crippen molar-refractivity contribution in [3.63, 3.8) is 0 Å². The van der Waals surface area contributed by atoms with E-state index in [-0.39, 0.29) is 33.7 Å². The van der Waals surface area contributed by atoms with Crippen LogP contribution in [0.1, 0.15) is 11.1 Å². The van der Waals surface area contributed by atoms with Gasteiger partial charge in [0.05, 0.1) is 10.5 Å². The minimum absolute atomic E-state index is 0.0352. The zero-order valence-electron chi connectivity index (χ0n) is 11.0. The molecule has 21 heavy (non-hydrogen) atoms. The molecule has 1 aromatic carbocycles. The lowest BCUT2D eigenvalue weighted by Crippen LogP contribution is -2.12. The van der Waals surface area contributed by atoms with Gasteiger partial charge in [0.2, 0.25) is 5.88 Å². The number of ether oxygens (including phenoxy) is 1. The van der Waals surface area contributed by atoms with Crippen LogP contribution in [-0.4, -0.2) is 15.7 Å². The van der Waals surface area contributed by atoms with Crippen LogP contribution in [0.5, 0.6) is 11.6 Å². The van der Waals surface area contributed by atoms with Gasteiger partial charge in [-0.05, 0) is 19.1 Å². The highest BCUT2D eigenvalue weighted by atomic mass is 35.5. The summed E-state index contributed by atoms with van der Waals surface area (Å²) >= 11 is 6.07. The maximum atomic E-state index is 10.9. The number of hydrogen-bond donors (Lipinski definition) is 2. The maximum absolute atomic E-state index is 10.9. The number of nitrogens with two attached hydrogens (primary N) is 1. The van der Waals surface area contributed by atoms with Crippen LogP contribution >= 0.6 is 11.6 Å². The molecule has 7 nitrogen and oxygen atoms in total. The molecule has 0 radical (unpaired) electrons. The first-order chi connectivity index (χ1) is 9.91. The summed E-state index contributed by atoms with van der Waals surface area (Å²) in [5.74, 6) is 0.0790. The number of nitrogens with zero attached hydrogens (tertiary/aromatic N) is 2. The molecule has 0 aliphatic carbocycles. The number of halogens is 1. The Kier molecular flexibility index (Phi) is 4.04. The van der Waals surface area contributed by atoms with Crippen molar-refractivity contribution in [1.82, 2.24) is 4.98 Å². The van der Waals surface area contributed by atoms with Gasteiger partial charge in [0.1, 0.15) is 16.6 Å². The van der Waals surface area contributed by atoms with E-state index in [1.54, 1.807) is 13.0 Å². The second-order valence-corrected chi connectivity index (χ2v) is 4.53. The summed E-state index contributed by atoms with van der Waals surface area (Å²) < 4.78 is 5.52. The zero-order chi connectivity index (χ0) is 15.6. The zero-order valence-corrected chi connectivity index (χ0v) is 11.7. The van der Waals surface area contributed by atoms with Crippen molar-refractivity contribution in [2.24, 2.45) is 5.73 Å². The predicted octanol–water partition coefficient (Wildman–Crippen LogP) is 3.03. The lowest BCUT2D eigenvalue weighted by Gasteiger charge is -2.10. The molecule has 2 rings (SSSR count). The van der Waals surface area contributed by atoms with Gasteiger partial charge in [0, 0.05) is 17.8 Å². The molecule has 0 saturated heterocycles. The first-order valence-corrected chi connectivity index (χ1v) is 6.20. The van der Waals surface area contributed by atoms with E-state index in [2.05, 4.69) is 4.98 Å². The van der Waals surface area contributed by atoms with Gasteiger partial charge in [0.25, 0.3) is 5.69 Å². The summed E-state index contributed by atoms with van der Waals surface area (Å²) in [6.07, 6.45) is 1.39. The Bertz CT molecular complexity index is 672. The fourth-order valence-electron chi connectivity index (χ4n) is 1.72. The molecule has 108 valence electrons. The molecule has 0 saturated carbocycles. The van der Waals surface area contributed by atoms with Crippen LogP contribution in [0, 0.1) is 22.4 Å². The summed E-state index contributed by atoms with van der Waals surface area (Å²) in [6.45, 7) is 1.57. The minimum Gasteiger partial charge on any atom is -0.437 e. The molecule has 0 bridgehead atoms. The van der Waals surface area contributed by atoms with E-state index >= 15 is 0 Å². The number of rotatable bonds is 4. The molecule has 0 unspecified atom stereocenters. The van der Waals surface area contributed by atoms with Gasteiger partial charge in [0.15, 0.2) is 0 Å². The van der Waals surface area contributed by atoms with Gasteiger partial charge in [-0.2, -0.15) is 0 Å². The van der Waals surface area contributed by atoms with Crippen molar-refractivity contribution in [2.45, 2.75) is 6.92 Å². The van der Waals surface area contributed by atoms with E-state index < -0.39 is 4.92 Å². The molecule has 0 amide bonds. The van der Waals surface area contributed by atoms with Crippen molar-refractivity contribution in [3.05, 3.63) is 56.7 Å². The number of nitrogen functional groups attached to an aromatic ring is 1. The van der Waals surface area contributed by atoms with Gasteiger partial charge in [-0.15, -0.1) is 0 Å². The third-order valence-electron chi connectivity index (χ3n) is 2.81. The molecule has 3 N–H and O–H groups in total. The topological polar surface area (TPSA) is 115 Å². The van der Waals surface area contributed by atoms with Crippen LogP contribution in [0.3, 0.4) is 0 Å². The number of hydrogen-bond acceptors (Lipinski definition) is 5. The monoisotopic (exact) mass is 306 g/mol. The van der Waals surface area contributed by atoms with E-state index in [0.29, 0.717) is 5.56 Å². The van der Waals surface area contributed by atoms with Gasteiger partial charge in [-0.3, -0.25) is 15.5 Å². The molecule has 0 aliphatic heterocycles. The van der Waals surface area contributed by atoms with Gasteiger partial charge < -0.3 is 10.5 Å². The quantitative estimate of drug-likeness (QED) is 0.390. The van der Waals surface area contributed by atoms with E-state index in [4.69, 9.17) is 27.5 Å². The Labute approximate surface area is 125 Å². The SMILES string of the molecule is Cc1c(Oc2nccc(C(=N)N)c2Cl)cccc1[N+](=O)[O-]. The molecule has 1 aromatic heterocycles. The molecule has 2 aromatic rings. The Morgan fingerprint density at radius 2 is 2.19 bits per heavy atom. The van der Waals surface area contributed by atoms with Crippen LogP contribution in [0.15, 0.2) is 30.5 Å². The first kappa shape index (κ1) is 14.7. The van der Waals surface area contributed by atoms with Crippen LogP contribution in [0.4, 0.5) is 5.69 Å². The fourth-order valence-corrected chi connectivity index (χ4v) is 1.97. The molecular formula is C13H11ClN4O3. The molecule has 1 heterocycles. The van der Waals surface area contributed by atoms with Gasteiger partial charge in [-0.25, -0.2) is 4.98 Å². The van der Waals surface area contributed by atoms with Gasteiger partial charge in [-0.1, -0.05) is 17.7 Å². The first-order valence-electron chi connectivity index (χ1n) is 5.82.